The molecule has 0 aliphatic heterocycles. The van der Waals surface area contributed by atoms with Crippen LogP contribution in [-0.4, -0.2) is 6.21 Å². The van der Waals surface area contributed by atoms with Crippen LogP contribution in [0, 0.1) is 0 Å². The van der Waals surface area contributed by atoms with Crippen LogP contribution in [0.2, 0.25) is 10.0 Å². The van der Waals surface area contributed by atoms with Gasteiger partial charge in [0.2, 0.25) is 0 Å². The van der Waals surface area contributed by atoms with Crippen molar-refractivity contribution in [1.29, 1.82) is 0 Å². The van der Waals surface area contributed by atoms with Crippen LogP contribution in [0.15, 0.2) is 77.8 Å². The molecule has 24 heavy (non-hydrogen) atoms. The van der Waals surface area contributed by atoms with Crippen LogP contribution in [0.1, 0.15) is 5.56 Å². The molecule has 0 N–H and O–H groups in total. The highest BCUT2D eigenvalue weighted by atomic mass is 35.5. The zero-order chi connectivity index (χ0) is 16.5. The topological polar surface area (TPSA) is 12.4 Å². The standard InChI is InChI=1S/C21H13Cl2N/c22-16-9-10-20(23)21(12-16)24-13-19-17-7-3-1-5-14(17)11-15-6-2-4-8-18(15)19/h1-13H. The fraction of sp³-hybridized carbons (Fsp3) is 0. The largest absolute Gasteiger partial charge is 0.255 e. The maximum atomic E-state index is 6.23. The molecule has 0 aliphatic carbocycles. The Labute approximate surface area is 150 Å². The fourth-order valence-electron chi connectivity index (χ4n) is 2.91. The van der Waals surface area contributed by atoms with Gasteiger partial charge in [-0.1, -0.05) is 71.7 Å². The first kappa shape index (κ1) is 15.2. The fourth-order valence-corrected chi connectivity index (χ4v) is 3.24. The van der Waals surface area contributed by atoms with E-state index in [1.54, 1.807) is 18.2 Å². The lowest BCUT2D eigenvalue weighted by molar-refractivity contribution is 1.53. The zero-order valence-electron chi connectivity index (χ0n) is 12.7. The number of nitrogens with zero attached hydrogens (tertiary/aromatic N) is 1. The smallest absolute Gasteiger partial charge is 0.0830 e. The molecule has 4 aromatic rings. The molecule has 3 heteroatoms. The van der Waals surface area contributed by atoms with Gasteiger partial charge in [-0.05, 0) is 45.8 Å². The third kappa shape index (κ3) is 2.77. The molecule has 0 fully saturated rings. The number of aliphatic imine (C=N–C) groups is 1. The maximum Gasteiger partial charge on any atom is 0.0830 e. The average molecular weight is 350 g/mol. The molecule has 0 saturated heterocycles. The van der Waals surface area contributed by atoms with Gasteiger partial charge >= 0.3 is 0 Å². The van der Waals surface area contributed by atoms with Crippen molar-refractivity contribution in [3.8, 4) is 0 Å². The molecule has 0 saturated carbocycles. The van der Waals surface area contributed by atoms with Crippen molar-refractivity contribution in [3.05, 3.63) is 88.4 Å². The number of rotatable bonds is 2. The van der Waals surface area contributed by atoms with Gasteiger partial charge in [0.1, 0.15) is 0 Å². The Kier molecular flexibility index (Phi) is 3.97. The summed E-state index contributed by atoms with van der Waals surface area (Å²) in [5, 5.41) is 5.91. The zero-order valence-corrected chi connectivity index (χ0v) is 14.2. The van der Waals surface area contributed by atoms with E-state index in [2.05, 4.69) is 35.3 Å². The van der Waals surface area contributed by atoms with Gasteiger partial charge in [0.25, 0.3) is 0 Å². The predicted octanol–water partition coefficient (Wildman–Crippen LogP) is 7.05. The Morgan fingerprint density at radius 1 is 0.708 bits per heavy atom. The molecular formula is C21H13Cl2N. The summed E-state index contributed by atoms with van der Waals surface area (Å²) >= 11 is 12.3. The third-order valence-electron chi connectivity index (χ3n) is 4.05. The van der Waals surface area contributed by atoms with Crippen LogP contribution >= 0.6 is 23.2 Å². The van der Waals surface area contributed by atoms with Gasteiger partial charge in [0, 0.05) is 16.8 Å². The SMILES string of the molecule is Clc1ccc(Cl)c(N=Cc2c3ccccc3cc3ccccc23)c1. The van der Waals surface area contributed by atoms with E-state index in [1.165, 1.54) is 10.8 Å². The maximum absolute atomic E-state index is 6.23. The van der Waals surface area contributed by atoms with Gasteiger partial charge in [0.15, 0.2) is 0 Å². The first-order chi connectivity index (χ1) is 11.7. The quantitative estimate of drug-likeness (QED) is 0.271. The van der Waals surface area contributed by atoms with E-state index in [-0.39, 0.29) is 0 Å². The summed E-state index contributed by atoms with van der Waals surface area (Å²) in [6.07, 6.45) is 1.88. The van der Waals surface area contributed by atoms with Gasteiger partial charge in [-0.3, -0.25) is 4.99 Å². The molecule has 0 bridgehead atoms. The Hall–Kier alpha value is -2.35. The number of hydrogen-bond acceptors (Lipinski definition) is 1. The van der Waals surface area contributed by atoms with E-state index < -0.39 is 0 Å². The number of halogens is 2. The Bertz CT molecular complexity index is 1030. The van der Waals surface area contributed by atoms with Crippen LogP contribution in [0.5, 0.6) is 0 Å². The minimum atomic E-state index is 0.584. The minimum Gasteiger partial charge on any atom is -0.255 e. The van der Waals surface area contributed by atoms with E-state index >= 15 is 0 Å². The van der Waals surface area contributed by atoms with E-state index in [9.17, 15) is 0 Å². The summed E-state index contributed by atoms with van der Waals surface area (Å²) in [4.78, 5) is 4.60. The lowest BCUT2D eigenvalue weighted by Gasteiger charge is -2.08. The molecule has 4 aromatic carbocycles. The van der Waals surface area contributed by atoms with Gasteiger partial charge in [-0.15, -0.1) is 0 Å². The molecule has 116 valence electrons. The first-order valence-electron chi connectivity index (χ1n) is 7.62. The first-order valence-corrected chi connectivity index (χ1v) is 8.37. The molecule has 0 heterocycles. The molecule has 0 atom stereocenters. The van der Waals surface area contributed by atoms with Crippen molar-refractivity contribution in [3.63, 3.8) is 0 Å². The summed E-state index contributed by atoms with van der Waals surface area (Å²) in [7, 11) is 0. The highest BCUT2D eigenvalue weighted by molar-refractivity contribution is 6.35. The van der Waals surface area contributed by atoms with Gasteiger partial charge in [-0.25, -0.2) is 0 Å². The molecule has 0 unspecified atom stereocenters. The number of fused-ring (bicyclic) bond motifs is 2. The second-order valence-electron chi connectivity index (χ2n) is 5.59. The minimum absolute atomic E-state index is 0.584. The summed E-state index contributed by atoms with van der Waals surface area (Å²) in [6, 6.07) is 24.1. The molecule has 0 spiro atoms. The average Bonchev–Trinajstić information content (AvgIpc) is 2.61. The van der Waals surface area contributed by atoms with Gasteiger partial charge < -0.3 is 0 Å². The van der Waals surface area contributed by atoms with E-state index in [1.807, 2.05) is 30.5 Å². The van der Waals surface area contributed by atoms with Crippen molar-refractivity contribution >= 4 is 56.6 Å². The summed E-state index contributed by atoms with van der Waals surface area (Å²) in [5.74, 6) is 0. The highest BCUT2D eigenvalue weighted by Crippen LogP contribution is 2.30. The Balaban J connectivity index is 1.96. The molecule has 0 amide bonds. The molecular weight excluding hydrogens is 337 g/mol. The van der Waals surface area contributed by atoms with Crippen molar-refractivity contribution in [1.82, 2.24) is 0 Å². The highest BCUT2D eigenvalue weighted by Gasteiger charge is 2.06. The summed E-state index contributed by atoms with van der Waals surface area (Å²) in [5.41, 5.74) is 1.75. The van der Waals surface area contributed by atoms with Crippen molar-refractivity contribution in [2.45, 2.75) is 0 Å². The molecule has 0 aromatic heterocycles. The molecule has 1 nitrogen and oxygen atoms in total. The Morgan fingerprint density at radius 2 is 1.33 bits per heavy atom. The Morgan fingerprint density at radius 3 is 2.00 bits per heavy atom. The predicted molar refractivity (Wildman–Crippen MR) is 105 cm³/mol. The van der Waals surface area contributed by atoms with E-state index in [0.29, 0.717) is 15.7 Å². The second kappa shape index (κ2) is 6.27. The summed E-state index contributed by atoms with van der Waals surface area (Å²) < 4.78 is 0. The van der Waals surface area contributed by atoms with Crippen molar-refractivity contribution in [2.24, 2.45) is 4.99 Å². The third-order valence-corrected chi connectivity index (χ3v) is 4.61. The van der Waals surface area contributed by atoms with Crippen molar-refractivity contribution < 1.29 is 0 Å². The lowest BCUT2D eigenvalue weighted by Crippen LogP contribution is -1.88. The molecule has 4 rings (SSSR count). The molecule has 0 aliphatic rings. The number of hydrogen-bond donors (Lipinski definition) is 0. The molecule has 0 radical (unpaired) electrons. The number of benzene rings is 4. The van der Waals surface area contributed by atoms with E-state index in [0.717, 1.165) is 16.3 Å². The van der Waals surface area contributed by atoms with Crippen LogP contribution in [0.4, 0.5) is 5.69 Å². The monoisotopic (exact) mass is 349 g/mol. The summed E-state index contributed by atoms with van der Waals surface area (Å²) in [6.45, 7) is 0. The van der Waals surface area contributed by atoms with Crippen molar-refractivity contribution in [2.75, 3.05) is 0 Å². The van der Waals surface area contributed by atoms with E-state index in [4.69, 9.17) is 23.2 Å². The van der Waals surface area contributed by atoms with Crippen LogP contribution < -0.4 is 0 Å². The van der Waals surface area contributed by atoms with Gasteiger partial charge in [-0.2, -0.15) is 0 Å². The van der Waals surface area contributed by atoms with Crippen LogP contribution in [0.25, 0.3) is 21.5 Å². The van der Waals surface area contributed by atoms with Crippen LogP contribution in [0.3, 0.4) is 0 Å². The van der Waals surface area contributed by atoms with Gasteiger partial charge in [0.05, 0.1) is 10.7 Å². The van der Waals surface area contributed by atoms with Crippen LogP contribution in [-0.2, 0) is 0 Å². The second-order valence-corrected chi connectivity index (χ2v) is 6.43. The normalized spacial score (nSPS) is 11.6. The lowest BCUT2D eigenvalue weighted by atomic mass is 9.97.